The van der Waals surface area contributed by atoms with Crippen LogP contribution in [-0.2, 0) is 24.4 Å². The molecule has 4 aromatic rings. The minimum absolute atomic E-state index is 0.0127. The lowest BCUT2D eigenvalue weighted by molar-refractivity contribution is -0.136. The Morgan fingerprint density at radius 3 is 2.74 bits per heavy atom. The number of carboxylic acid groups (broad SMARTS) is 1. The predicted molar refractivity (Wildman–Crippen MR) is 124 cm³/mol. The Kier molecular flexibility index (Phi) is 6.21. The van der Waals surface area contributed by atoms with E-state index in [-0.39, 0.29) is 6.42 Å². The molecule has 160 valence electrons. The minimum atomic E-state index is -0.817. The molecular formula is C26H28N2O3. The first-order chi connectivity index (χ1) is 15.1. The van der Waals surface area contributed by atoms with E-state index in [2.05, 4.69) is 22.5 Å². The Hall–Kier alpha value is -3.34. The second kappa shape index (κ2) is 9.21. The number of aryl methyl sites for hydroxylation is 1. The van der Waals surface area contributed by atoms with E-state index in [9.17, 15) is 9.90 Å². The number of fused-ring (bicyclic) bond motifs is 2. The van der Waals surface area contributed by atoms with Crippen molar-refractivity contribution in [2.24, 2.45) is 0 Å². The standard InChI is InChI=1S/C26H28N2O3/c1-3-4-7-14-28-18(2)22(16-26(29)30)23-15-21(12-13-25(23)28)31-17-20-11-10-19-8-5-6-9-24(19)27-20/h5-6,8-13,15H,3-4,7,14,16-17H2,1-2H3,(H,29,30). The Balaban J connectivity index is 1.61. The lowest BCUT2D eigenvalue weighted by Gasteiger charge is -2.09. The number of rotatable bonds is 9. The van der Waals surface area contributed by atoms with Gasteiger partial charge in [-0.3, -0.25) is 4.79 Å². The van der Waals surface area contributed by atoms with E-state index in [0.29, 0.717) is 6.61 Å². The summed E-state index contributed by atoms with van der Waals surface area (Å²) in [5, 5.41) is 11.5. The number of pyridine rings is 1. The largest absolute Gasteiger partial charge is 0.487 e. The smallest absolute Gasteiger partial charge is 0.307 e. The molecule has 2 aromatic carbocycles. The van der Waals surface area contributed by atoms with Crippen molar-refractivity contribution in [1.82, 2.24) is 9.55 Å². The molecular weight excluding hydrogens is 388 g/mol. The van der Waals surface area contributed by atoms with Crippen molar-refractivity contribution in [1.29, 1.82) is 0 Å². The fraction of sp³-hybridized carbons (Fsp3) is 0.308. The number of aliphatic carboxylic acids is 1. The highest BCUT2D eigenvalue weighted by atomic mass is 16.5. The van der Waals surface area contributed by atoms with Crippen LogP contribution in [0.2, 0.25) is 0 Å². The molecule has 0 bridgehead atoms. The van der Waals surface area contributed by atoms with Crippen LogP contribution in [0.1, 0.15) is 43.1 Å². The molecule has 5 heteroatoms. The average molecular weight is 417 g/mol. The van der Waals surface area contributed by atoms with Crippen molar-refractivity contribution in [3.05, 3.63) is 71.5 Å². The van der Waals surface area contributed by atoms with Crippen molar-refractivity contribution in [2.75, 3.05) is 0 Å². The Morgan fingerprint density at radius 2 is 1.94 bits per heavy atom. The molecule has 4 rings (SSSR count). The van der Waals surface area contributed by atoms with E-state index in [4.69, 9.17) is 4.74 Å². The van der Waals surface area contributed by atoms with Crippen molar-refractivity contribution in [2.45, 2.75) is 52.7 Å². The fourth-order valence-corrected chi connectivity index (χ4v) is 4.15. The van der Waals surface area contributed by atoms with Gasteiger partial charge in [-0.25, -0.2) is 4.98 Å². The molecule has 31 heavy (non-hydrogen) atoms. The summed E-state index contributed by atoms with van der Waals surface area (Å²) >= 11 is 0. The number of unbranched alkanes of at least 4 members (excludes halogenated alkanes) is 2. The van der Waals surface area contributed by atoms with Gasteiger partial charge < -0.3 is 14.4 Å². The average Bonchev–Trinajstić information content (AvgIpc) is 3.02. The molecule has 0 aliphatic carbocycles. The number of para-hydroxylation sites is 1. The zero-order valence-corrected chi connectivity index (χ0v) is 18.1. The summed E-state index contributed by atoms with van der Waals surface area (Å²) in [5.74, 6) is -0.0952. The predicted octanol–water partition coefficient (Wildman–Crippen LogP) is 5.89. The van der Waals surface area contributed by atoms with Crippen LogP contribution in [0.25, 0.3) is 21.8 Å². The first-order valence-corrected chi connectivity index (χ1v) is 10.9. The summed E-state index contributed by atoms with van der Waals surface area (Å²) in [6.07, 6.45) is 3.41. The van der Waals surface area contributed by atoms with Crippen LogP contribution in [0.3, 0.4) is 0 Å². The van der Waals surface area contributed by atoms with Gasteiger partial charge in [-0.15, -0.1) is 0 Å². The van der Waals surface area contributed by atoms with Crippen LogP contribution >= 0.6 is 0 Å². The van der Waals surface area contributed by atoms with Crippen LogP contribution < -0.4 is 4.74 Å². The number of carboxylic acids is 1. The lowest BCUT2D eigenvalue weighted by Crippen LogP contribution is -2.04. The molecule has 0 radical (unpaired) electrons. The van der Waals surface area contributed by atoms with Gasteiger partial charge in [-0.2, -0.15) is 0 Å². The molecule has 2 heterocycles. The Bertz CT molecular complexity index is 1230. The quantitative estimate of drug-likeness (QED) is 0.345. The van der Waals surface area contributed by atoms with E-state index >= 15 is 0 Å². The van der Waals surface area contributed by atoms with Gasteiger partial charge in [0.2, 0.25) is 0 Å². The van der Waals surface area contributed by atoms with Crippen LogP contribution in [-0.4, -0.2) is 20.6 Å². The fourth-order valence-electron chi connectivity index (χ4n) is 4.15. The number of hydrogen-bond donors (Lipinski definition) is 1. The number of benzene rings is 2. The second-order valence-corrected chi connectivity index (χ2v) is 7.96. The summed E-state index contributed by atoms with van der Waals surface area (Å²) in [4.78, 5) is 16.2. The zero-order valence-electron chi connectivity index (χ0n) is 18.1. The molecule has 2 aromatic heterocycles. The van der Waals surface area contributed by atoms with Gasteiger partial charge in [0.15, 0.2) is 0 Å². The molecule has 0 saturated carbocycles. The first kappa shape index (κ1) is 20.9. The van der Waals surface area contributed by atoms with E-state index < -0.39 is 5.97 Å². The van der Waals surface area contributed by atoms with Gasteiger partial charge in [0.05, 0.1) is 17.6 Å². The van der Waals surface area contributed by atoms with Crippen molar-refractivity contribution in [3.8, 4) is 5.75 Å². The Morgan fingerprint density at radius 1 is 1.10 bits per heavy atom. The van der Waals surface area contributed by atoms with E-state index in [0.717, 1.165) is 70.3 Å². The first-order valence-electron chi connectivity index (χ1n) is 10.9. The number of aromatic nitrogens is 2. The second-order valence-electron chi connectivity index (χ2n) is 7.96. The van der Waals surface area contributed by atoms with Gasteiger partial charge in [-0.05, 0) is 49.2 Å². The SMILES string of the molecule is CCCCCn1c(C)c(CC(=O)O)c2cc(OCc3ccc4ccccc4n3)ccc21. The normalized spacial score (nSPS) is 11.3. The van der Waals surface area contributed by atoms with E-state index in [1.807, 2.05) is 55.5 Å². The third kappa shape index (κ3) is 4.55. The number of carbonyl (C=O) groups is 1. The molecule has 0 aliphatic heterocycles. The van der Waals surface area contributed by atoms with E-state index in [1.165, 1.54) is 0 Å². The molecule has 0 atom stereocenters. The summed E-state index contributed by atoms with van der Waals surface area (Å²) in [6, 6.07) is 18.0. The van der Waals surface area contributed by atoms with Crippen molar-refractivity contribution < 1.29 is 14.6 Å². The third-order valence-corrected chi connectivity index (χ3v) is 5.78. The highest BCUT2D eigenvalue weighted by molar-refractivity contribution is 5.90. The third-order valence-electron chi connectivity index (χ3n) is 5.78. The van der Waals surface area contributed by atoms with Crippen LogP contribution in [0.4, 0.5) is 0 Å². The van der Waals surface area contributed by atoms with E-state index in [1.54, 1.807) is 0 Å². The van der Waals surface area contributed by atoms with Crippen LogP contribution in [0.5, 0.6) is 5.75 Å². The lowest BCUT2D eigenvalue weighted by atomic mass is 10.1. The van der Waals surface area contributed by atoms with Crippen molar-refractivity contribution >= 4 is 27.8 Å². The highest BCUT2D eigenvalue weighted by Gasteiger charge is 2.17. The number of nitrogens with zero attached hydrogens (tertiary/aromatic N) is 2. The maximum Gasteiger partial charge on any atom is 0.307 e. The Labute approximate surface area is 182 Å². The number of hydrogen-bond acceptors (Lipinski definition) is 3. The summed E-state index contributed by atoms with van der Waals surface area (Å²) in [6.45, 7) is 5.46. The van der Waals surface area contributed by atoms with Crippen LogP contribution in [0, 0.1) is 6.92 Å². The summed E-state index contributed by atoms with van der Waals surface area (Å²) in [5.41, 5.74) is 4.77. The zero-order chi connectivity index (χ0) is 21.8. The maximum atomic E-state index is 11.5. The van der Waals surface area contributed by atoms with Crippen molar-refractivity contribution in [3.63, 3.8) is 0 Å². The summed E-state index contributed by atoms with van der Waals surface area (Å²) in [7, 11) is 0. The minimum Gasteiger partial charge on any atom is -0.487 e. The van der Waals surface area contributed by atoms with Crippen LogP contribution in [0.15, 0.2) is 54.6 Å². The summed E-state index contributed by atoms with van der Waals surface area (Å²) < 4.78 is 8.29. The molecule has 0 spiro atoms. The number of ether oxygens (including phenoxy) is 1. The topological polar surface area (TPSA) is 64.4 Å². The van der Waals surface area contributed by atoms with Gasteiger partial charge in [-0.1, -0.05) is 44.0 Å². The molecule has 0 aliphatic rings. The van der Waals surface area contributed by atoms with Gasteiger partial charge in [0.1, 0.15) is 12.4 Å². The molecule has 0 fully saturated rings. The molecule has 0 saturated heterocycles. The highest BCUT2D eigenvalue weighted by Crippen LogP contribution is 2.31. The molecule has 5 nitrogen and oxygen atoms in total. The monoisotopic (exact) mass is 416 g/mol. The van der Waals surface area contributed by atoms with Gasteiger partial charge in [0, 0.05) is 28.5 Å². The molecule has 0 amide bonds. The van der Waals surface area contributed by atoms with Gasteiger partial charge in [0.25, 0.3) is 0 Å². The van der Waals surface area contributed by atoms with Gasteiger partial charge >= 0.3 is 5.97 Å². The maximum absolute atomic E-state index is 11.5. The molecule has 0 unspecified atom stereocenters. The molecule has 1 N–H and O–H groups in total.